The molecule has 0 bridgehead atoms. The molecule has 0 unspecified atom stereocenters. The Morgan fingerprint density at radius 1 is 0.879 bits per heavy atom. The van der Waals surface area contributed by atoms with Gasteiger partial charge in [-0.25, -0.2) is 0 Å². The van der Waals surface area contributed by atoms with Crippen molar-refractivity contribution >= 4 is 29.5 Å². The van der Waals surface area contributed by atoms with E-state index in [1.807, 2.05) is 0 Å². The average molecular weight is 480 g/mol. The fourth-order valence-corrected chi connectivity index (χ4v) is 4.33. The topological polar surface area (TPSA) is 60.9 Å². The molecule has 0 atom stereocenters. The molecule has 1 aliphatic heterocycles. The first-order valence-electron chi connectivity index (χ1n) is 10.3. The summed E-state index contributed by atoms with van der Waals surface area (Å²) in [4.78, 5) is 43.0. The molecule has 2 aromatic carbocycles. The highest BCUT2D eigenvalue weighted by atomic mass is 32.2. The second-order valence-corrected chi connectivity index (χ2v) is 8.75. The van der Waals surface area contributed by atoms with Crippen LogP contribution in [0, 0.1) is 0 Å². The van der Waals surface area contributed by atoms with Crippen molar-refractivity contribution in [3.8, 4) is 0 Å². The molecule has 0 N–H and O–H groups in total. The van der Waals surface area contributed by atoms with Gasteiger partial charge < -0.3 is 14.7 Å². The van der Waals surface area contributed by atoms with Crippen LogP contribution in [0.4, 0.5) is 13.2 Å². The highest BCUT2D eigenvalue weighted by molar-refractivity contribution is 8.00. The van der Waals surface area contributed by atoms with Gasteiger partial charge in [-0.3, -0.25) is 14.4 Å². The summed E-state index contributed by atoms with van der Waals surface area (Å²) in [5, 5.41) is 0. The predicted octanol–water partition coefficient (Wildman–Crippen LogP) is 3.48. The zero-order chi connectivity index (χ0) is 24.2. The molecule has 1 fully saturated rings. The summed E-state index contributed by atoms with van der Waals surface area (Å²) >= 11 is 1.30. The van der Waals surface area contributed by atoms with E-state index >= 15 is 0 Å². The van der Waals surface area contributed by atoms with Crippen LogP contribution in [0.1, 0.15) is 26.3 Å². The Labute approximate surface area is 194 Å². The van der Waals surface area contributed by atoms with E-state index in [9.17, 15) is 27.6 Å². The number of hydrogen-bond donors (Lipinski definition) is 0. The molecule has 0 saturated carbocycles. The third-order valence-electron chi connectivity index (χ3n) is 5.28. The van der Waals surface area contributed by atoms with Gasteiger partial charge in [-0.05, 0) is 36.4 Å². The molecule has 1 aliphatic rings. The van der Waals surface area contributed by atoms with Gasteiger partial charge in [0, 0.05) is 50.7 Å². The van der Waals surface area contributed by atoms with Gasteiger partial charge in [0.1, 0.15) is 0 Å². The monoisotopic (exact) mass is 479 g/mol. The molecule has 33 heavy (non-hydrogen) atoms. The van der Waals surface area contributed by atoms with E-state index in [2.05, 4.69) is 0 Å². The standard InChI is InChI=1S/C23H24F3N3O3S/c1-27(2)20(30)15-33-19-6-4-3-5-18(19)22(32)29-13-11-28(12-14-29)21(31)16-7-9-17(10-8-16)23(24,25)26/h3-10H,11-15H2,1-2H3. The Balaban J connectivity index is 1.61. The van der Waals surface area contributed by atoms with Gasteiger partial charge in [0.15, 0.2) is 0 Å². The first-order valence-corrected chi connectivity index (χ1v) is 11.2. The lowest BCUT2D eigenvalue weighted by Crippen LogP contribution is -2.50. The van der Waals surface area contributed by atoms with E-state index in [4.69, 9.17) is 0 Å². The largest absolute Gasteiger partial charge is 0.416 e. The van der Waals surface area contributed by atoms with Crippen LogP contribution in [-0.2, 0) is 11.0 Å². The van der Waals surface area contributed by atoms with E-state index in [-0.39, 0.29) is 42.1 Å². The van der Waals surface area contributed by atoms with Crippen LogP contribution < -0.4 is 0 Å². The third kappa shape index (κ3) is 6.07. The van der Waals surface area contributed by atoms with Crippen LogP contribution in [0.5, 0.6) is 0 Å². The van der Waals surface area contributed by atoms with Crippen molar-refractivity contribution in [3.63, 3.8) is 0 Å². The molecule has 1 heterocycles. The first-order chi connectivity index (χ1) is 15.6. The number of alkyl halides is 3. The van der Waals surface area contributed by atoms with Crippen LogP contribution >= 0.6 is 11.8 Å². The zero-order valence-electron chi connectivity index (χ0n) is 18.3. The smallest absolute Gasteiger partial charge is 0.348 e. The molecule has 0 radical (unpaired) electrons. The quantitative estimate of drug-likeness (QED) is 0.616. The van der Waals surface area contributed by atoms with Crippen molar-refractivity contribution < 1.29 is 27.6 Å². The predicted molar refractivity (Wildman–Crippen MR) is 119 cm³/mol. The van der Waals surface area contributed by atoms with Crippen LogP contribution in [0.3, 0.4) is 0 Å². The van der Waals surface area contributed by atoms with Gasteiger partial charge >= 0.3 is 6.18 Å². The Hall–Kier alpha value is -3.01. The fraction of sp³-hybridized carbons (Fsp3) is 0.348. The molecule has 176 valence electrons. The highest BCUT2D eigenvalue weighted by Crippen LogP contribution is 2.29. The first kappa shape index (κ1) is 24.6. The molecule has 3 rings (SSSR count). The lowest BCUT2D eigenvalue weighted by Gasteiger charge is -2.35. The Morgan fingerprint density at radius 3 is 1.97 bits per heavy atom. The number of piperazine rings is 1. The molecular weight excluding hydrogens is 455 g/mol. The number of carbonyl (C=O) groups is 3. The van der Waals surface area contributed by atoms with E-state index < -0.39 is 11.7 Å². The van der Waals surface area contributed by atoms with Crippen molar-refractivity contribution in [1.82, 2.24) is 14.7 Å². The Bertz CT molecular complexity index is 1020. The average Bonchev–Trinajstić information content (AvgIpc) is 2.81. The maximum absolute atomic E-state index is 13.1. The van der Waals surface area contributed by atoms with Crippen LogP contribution in [0.15, 0.2) is 53.4 Å². The molecule has 2 aromatic rings. The summed E-state index contributed by atoms with van der Waals surface area (Å²) in [7, 11) is 3.34. The molecule has 10 heteroatoms. The van der Waals surface area contributed by atoms with Gasteiger partial charge in [-0.2, -0.15) is 13.2 Å². The number of hydrogen-bond acceptors (Lipinski definition) is 4. The van der Waals surface area contributed by atoms with Crippen LogP contribution in [0.25, 0.3) is 0 Å². The summed E-state index contributed by atoms with van der Waals surface area (Å²) in [6.07, 6.45) is -4.46. The van der Waals surface area contributed by atoms with E-state index in [1.54, 1.807) is 43.3 Å². The molecule has 0 aliphatic carbocycles. The summed E-state index contributed by atoms with van der Waals surface area (Å²) in [6.45, 7) is 1.17. The lowest BCUT2D eigenvalue weighted by molar-refractivity contribution is -0.137. The highest BCUT2D eigenvalue weighted by Gasteiger charge is 2.31. The molecule has 6 nitrogen and oxygen atoms in total. The second kappa shape index (κ2) is 10.3. The van der Waals surface area contributed by atoms with E-state index in [0.29, 0.717) is 23.5 Å². The van der Waals surface area contributed by atoms with E-state index in [1.165, 1.54) is 33.7 Å². The van der Waals surface area contributed by atoms with Crippen molar-refractivity contribution in [1.29, 1.82) is 0 Å². The fourth-order valence-electron chi connectivity index (χ4n) is 3.31. The van der Waals surface area contributed by atoms with E-state index in [0.717, 1.165) is 12.1 Å². The Kier molecular flexibility index (Phi) is 7.68. The third-order valence-corrected chi connectivity index (χ3v) is 6.34. The molecule has 0 aromatic heterocycles. The number of rotatable bonds is 5. The van der Waals surface area contributed by atoms with Crippen LogP contribution in [0.2, 0.25) is 0 Å². The number of benzene rings is 2. The summed E-state index contributed by atoms with van der Waals surface area (Å²) < 4.78 is 38.2. The molecule has 3 amide bonds. The minimum atomic E-state index is -4.46. The van der Waals surface area contributed by atoms with Gasteiger partial charge in [0.05, 0.1) is 16.9 Å². The summed E-state index contributed by atoms with van der Waals surface area (Å²) in [6, 6.07) is 11.2. The van der Waals surface area contributed by atoms with Crippen molar-refractivity contribution in [2.45, 2.75) is 11.1 Å². The minimum Gasteiger partial charge on any atom is -0.348 e. The SMILES string of the molecule is CN(C)C(=O)CSc1ccccc1C(=O)N1CCN(C(=O)c2ccc(C(F)(F)F)cc2)CC1. The van der Waals surface area contributed by atoms with Gasteiger partial charge in [-0.15, -0.1) is 11.8 Å². The number of carbonyl (C=O) groups excluding carboxylic acids is 3. The number of thioether (sulfide) groups is 1. The van der Waals surface area contributed by atoms with Gasteiger partial charge in [0.2, 0.25) is 5.91 Å². The van der Waals surface area contributed by atoms with Crippen molar-refractivity contribution in [2.24, 2.45) is 0 Å². The molecule has 0 spiro atoms. The van der Waals surface area contributed by atoms with Crippen molar-refractivity contribution in [3.05, 3.63) is 65.2 Å². The second-order valence-electron chi connectivity index (χ2n) is 7.73. The van der Waals surface area contributed by atoms with Crippen LogP contribution in [-0.4, -0.2) is 78.4 Å². The van der Waals surface area contributed by atoms with Gasteiger partial charge in [0.25, 0.3) is 11.8 Å². The van der Waals surface area contributed by atoms with Gasteiger partial charge in [-0.1, -0.05) is 12.1 Å². The maximum atomic E-state index is 13.1. The molecular formula is C23H24F3N3O3S. The van der Waals surface area contributed by atoms with Crippen molar-refractivity contribution in [2.75, 3.05) is 46.0 Å². The normalized spacial score (nSPS) is 14.2. The minimum absolute atomic E-state index is 0.0577. The number of halogens is 3. The summed E-state index contributed by atoms with van der Waals surface area (Å²) in [5.74, 6) is -0.393. The number of amides is 3. The number of nitrogens with zero attached hydrogens (tertiary/aromatic N) is 3. The maximum Gasteiger partial charge on any atom is 0.416 e. The Morgan fingerprint density at radius 2 is 1.42 bits per heavy atom. The lowest BCUT2D eigenvalue weighted by atomic mass is 10.1. The summed E-state index contributed by atoms with van der Waals surface area (Å²) in [5.41, 5.74) is -0.134. The molecule has 1 saturated heterocycles. The zero-order valence-corrected chi connectivity index (χ0v) is 19.1.